The van der Waals surface area contributed by atoms with E-state index in [4.69, 9.17) is 5.73 Å². The maximum absolute atomic E-state index is 11.9. The van der Waals surface area contributed by atoms with E-state index < -0.39 is 6.03 Å². The van der Waals surface area contributed by atoms with E-state index in [2.05, 4.69) is 25.8 Å². The van der Waals surface area contributed by atoms with Gasteiger partial charge < -0.3 is 11.1 Å². The third kappa shape index (κ3) is 3.95. The van der Waals surface area contributed by atoms with E-state index >= 15 is 0 Å². The minimum atomic E-state index is -0.430. The molecule has 4 atom stereocenters. The molecule has 2 aliphatic rings. The van der Waals surface area contributed by atoms with E-state index in [0.29, 0.717) is 11.1 Å². The number of rotatable bonds is 5. The molecule has 1 heterocycles. The molecule has 0 saturated heterocycles. The number of thioether (sulfide) groups is 1. The standard InChI is InChI=1S/C14H22N6O2S/c1-7(10-5-8-2-3-9(10)4-8)16-13(22)17-11(21)6-23-14-18-12(15)19-20-14/h7-10H,2-6H2,1H3,(H3,15,18,19,20)(H2,16,17,21,22). The van der Waals surface area contributed by atoms with Gasteiger partial charge >= 0.3 is 6.03 Å². The molecule has 2 saturated carbocycles. The number of nitrogens with zero attached hydrogens (tertiary/aromatic N) is 2. The van der Waals surface area contributed by atoms with Gasteiger partial charge in [0.05, 0.1) is 5.75 Å². The van der Waals surface area contributed by atoms with Gasteiger partial charge in [0.1, 0.15) is 0 Å². The summed E-state index contributed by atoms with van der Waals surface area (Å²) < 4.78 is 0. The van der Waals surface area contributed by atoms with Crippen LogP contribution in [-0.4, -0.2) is 38.9 Å². The lowest BCUT2D eigenvalue weighted by molar-refractivity contribution is -0.117. The highest BCUT2D eigenvalue weighted by Crippen LogP contribution is 2.49. The summed E-state index contributed by atoms with van der Waals surface area (Å²) in [7, 11) is 0. The third-order valence-corrected chi connectivity index (χ3v) is 5.71. The van der Waals surface area contributed by atoms with Crippen LogP contribution in [0.25, 0.3) is 0 Å². The van der Waals surface area contributed by atoms with Crippen LogP contribution in [0.3, 0.4) is 0 Å². The number of nitrogens with two attached hydrogens (primary N) is 1. The van der Waals surface area contributed by atoms with Crippen molar-refractivity contribution >= 4 is 29.6 Å². The molecule has 3 amide bonds. The first-order valence-electron chi connectivity index (χ1n) is 7.92. The molecule has 4 unspecified atom stereocenters. The van der Waals surface area contributed by atoms with Crippen molar-refractivity contribution < 1.29 is 9.59 Å². The molecule has 1 aromatic heterocycles. The zero-order chi connectivity index (χ0) is 16.4. The van der Waals surface area contributed by atoms with Crippen molar-refractivity contribution in [3.63, 3.8) is 0 Å². The van der Waals surface area contributed by atoms with Gasteiger partial charge in [0.15, 0.2) is 0 Å². The molecule has 9 heteroatoms. The van der Waals surface area contributed by atoms with Crippen LogP contribution in [0.2, 0.25) is 0 Å². The normalized spacial score (nSPS) is 26.9. The van der Waals surface area contributed by atoms with Gasteiger partial charge in [0.25, 0.3) is 0 Å². The first-order valence-corrected chi connectivity index (χ1v) is 8.91. The maximum Gasteiger partial charge on any atom is 0.321 e. The Bertz CT molecular complexity index is 592. The lowest BCUT2D eigenvalue weighted by atomic mass is 9.84. The van der Waals surface area contributed by atoms with Crippen LogP contribution in [0.5, 0.6) is 0 Å². The number of nitrogen functional groups attached to an aromatic ring is 1. The number of imide groups is 1. The van der Waals surface area contributed by atoms with E-state index in [1.807, 2.05) is 6.92 Å². The minimum absolute atomic E-state index is 0.0627. The van der Waals surface area contributed by atoms with E-state index in [-0.39, 0.29) is 23.7 Å². The average molecular weight is 338 g/mol. The number of fused-ring (bicyclic) bond motifs is 2. The average Bonchev–Trinajstić information content (AvgIpc) is 3.21. The molecule has 2 aliphatic carbocycles. The van der Waals surface area contributed by atoms with Gasteiger partial charge in [-0.25, -0.2) is 9.89 Å². The fourth-order valence-electron chi connectivity index (χ4n) is 3.87. The Morgan fingerprint density at radius 1 is 1.43 bits per heavy atom. The second-order valence-electron chi connectivity index (χ2n) is 6.44. The number of H-pyrrole nitrogens is 1. The molecule has 8 nitrogen and oxygen atoms in total. The molecule has 1 aromatic rings. The highest BCUT2D eigenvalue weighted by Gasteiger charge is 2.42. The zero-order valence-electron chi connectivity index (χ0n) is 13.0. The molecule has 0 aliphatic heterocycles. The van der Waals surface area contributed by atoms with Gasteiger partial charge in [-0.1, -0.05) is 18.2 Å². The maximum atomic E-state index is 11.9. The van der Waals surface area contributed by atoms with Crippen LogP contribution >= 0.6 is 11.8 Å². The Labute approximate surface area is 138 Å². The fourth-order valence-corrected chi connectivity index (χ4v) is 4.48. The number of amides is 3. The SMILES string of the molecule is CC(NC(=O)NC(=O)CSc1n[nH]c(N)n1)C1CC2CCC1C2. The molecular weight excluding hydrogens is 316 g/mol. The monoisotopic (exact) mass is 338 g/mol. The van der Waals surface area contributed by atoms with Gasteiger partial charge in [0, 0.05) is 6.04 Å². The summed E-state index contributed by atoms with van der Waals surface area (Å²) in [6.07, 6.45) is 5.11. The van der Waals surface area contributed by atoms with E-state index in [1.54, 1.807) is 0 Å². The zero-order valence-corrected chi connectivity index (χ0v) is 13.9. The molecular formula is C14H22N6O2S. The summed E-state index contributed by atoms with van der Waals surface area (Å²) in [6.45, 7) is 2.03. The van der Waals surface area contributed by atoms with Gasteiger partial charge in [-0.05, 0) is 43.9 Å². The Morgan fingerprint density at radius 3 is 2.87 bits per heavy atom. The van der Waals surface area contributed by atoms with Gasteiger partial charge in [0.2, 0.25) is 17.0 Å². The first kappa shape index (κ1) is 16.1. The van der Waals surface area contributed by atoms with Crippen LogP contribution in [0.4, 0.5) is 10.7 Å². The summed E-state index contributed by atoms with van der Waals surface area (Å²) in [4.78, 5) is 27.6. The Morgan fingerprint density at radius 2 is 2.26 bits per heavy atom. The van der Waals surface area contributed by atoms with Crippen molar-refractivity contribution in [3.05, 3.63) is 0 Å². The number of aromatic amines is 1. The van der Waals surface area contributed by atoms with E-state index in [0.717, 1.165) is 23.6 Å². The number of hydrogen-bond donors (Lipinski definition) is 4. The highest BCUT2D eigenvalue weighted by molar-refractivity contribution is 7.99. The predicted molar refractivity (Wildman–Crippen MR) is 86.6 cm³/mol. The molecule has 2 bridgehead atoms. The third-order valence-electron chi connectivity index (χ3n) is 4.86. The fraction of sp³-hybridized carbons (Fsp3) is 0.714. The van der Waals surface area contributed by atoms with Gasteiger partial charge in [-0.2, -0.15) is 4.98 Å². The lowest BCUT2D eigenvalue weighted by Crippen LogP contribution is -2.47. The molecule has 2 fully saturated rings. The highest BCUT2D eigenvalue weighted by atomic mass is 32.2. The van der Waals surface area contributed by atoms with Crippen LogP contribution in [0, 0.1) is 17.8 Å². The lowest BCUT2D eigenvalue weighted by Gasteiger charge is -2.28. The Kier molecular flexibility index (Phi) is 4.74. The smallest absolute Gasteiger partial charge is 0.321 e. The molecule has 23 heavy (non-hydrogen) atoms. The summed E-state index contributed by atoms with van der Waals surface area (Å²) in [6, 6.07) is -0.334. The van der Waals surface area contributed by atoms with Crippen LogP contribution in [0.15, 0.2) is 5.16 Å². The first-order chi connectivity index (χ1) is 11.0. The van der Waals surface area contributed by atoms with Crippen molar-refractivity contribution in [1.82, 2.24) is 25.8 Å². The van der Waals surface area contributed by atoms with Crippen LogP contribution in [0.1, 0.15) is 32.6 Å². The topological polar surface area (TPSA) is 126 Å². The number of hydrogen-bond acceptors (Lipinski definition) is 6. The largest absolute Gasteiger partial charge is 0.368 e. The number of urea groups is 1. The number of anilines is 1. The Balaban J connectivity index is 1.39. The molecule has 0 aromatic carbocycles. The molecule has 0 radical (unpaired) electrons. The minimum Gasteiger partial charge on any atom is -0.368 e. The number of carbonyl (C=O) groups excluding carboxylic acids is 2. The summed E-state index contributed by atoms with van der Waals surface area (Å²) in [5.74, 6) is 2.00. The van der Waals surface area contributed by atoms with E-state index in [1.165, 1.54) is 25.7 Å². The summed E-state index contributed by atoms with van der Waals surface area (Å²) >= 11 is 1.12. The molecule has 126 valence electrons. The van der Waals surface area contributed by atoms with Crippen molar-refractivity contribution in [1.29, 1.82) is 0 Å². The predicted octanol–water partition coefficient (Wildman–Crippen LogP) is 1.13. The quantitative estimate of drug-likeness (QED) is 0.596. The van der Waals surface area contributed by atoms with Crippen molar-refractivity contribution in [3.8, 4) is 0 Å². The molecule has 5 N–H and O–H groups in total. The summed E-state index contributed by atoms with van der Waals surface area (Å²) in [5.41, 5.74) is 5.40. The number of carbonyl (C=O) groups is 2. The second kappa shape index (κ2) is 6.77. The number of nitrogens with one attached hydrogen (secondary N) is 3. The van der Waals surface area contributed by atoms with Crippen LogP contribution in [-0.2, 0) is 4.79 Å². The Hall–Kier alpha value is -1.77. The van der Waals surface area contributed by atoms with Crippen molar-refractivity contribution in [2.45, 2.75) is 43.8 Å². The van der Waals surface area contributed by atoms with Gasteiger partial charge in [-0.15, -0.1) is 5.10 Å². The van der Waals surface area contributed by atoms with E-state index in [9.17, 15) is 9.59 Å². The second-order valence-corrected chi connectivity index (χ2v) is 7.38. The van der Waals surface area contributed by atoms with Crippen molar-refractivity contribution in [2.75, 3.05) is 11.5 Å². The van der Waals surface area contributed by atoms with Crippen molar-refractivity contribution in [2.24, 2.45) is 17.8 Å². The number of aromatic nitrogens is 3. The molecule has 3 rings (SSSR count). The van der Waals surface area contributed by atoms with Gasteiger partial charge in [-0.3, -0.25) is 10.1 Å². The van der Waals surface area contributed by atoms with Crippen LogP contribution < -0.4 is 16.4 Å². The summed E-state index contributed by atoms with van der Waals surface area (Å²) in [5, 5.41) is 11.9. The molecule has 0 spiro atoms.